The molecule has 0 bridgehead atoms. The summed E-state index contributed by atoms with van der Waals surface area (Å²) in [6, 6.07) is 13.1. The van der Waals surface area contributed by atoms with Gasteiger partial charge in [-0.1, -0.05) is 30.3 Å². The van der Waals surface area contributed by atoms with Crippen LogP contribution in [0.15, 0.2) is 48.8 Å². The Hall–Kier alpha value is -1.74. The average Bonchev–Trinajstić information content (AvgIpc) is 3.18. The topological polar surface area (TPSA) is 37.8 Å². The molecule has 1 aliphatic carbocycles. The predicted molar refractivity (Wildman–Crippen MR) is 66.5 cm³/mol. The first kappa shape index (κ1) is 10.4. The van der Waals surface area contributed by atoms with Crippen molar-refractivity contribution >= 4 is 0 Å². The number of nitrogens with one attached hydrogen (secondary N) is 1. The number of hydrogen-bond acceptors (Lipinski definition) is 3. The Balaban J connectivity index is 1.53. The summed E-state index contributed by atoms with van der Waals surface area (Å²) in [5.41, 5.74) is 1.43. The zero-order chi connectivity index (χ0) is 11.5. The fourth-order valence-electron chi connectivity index (χ4n) is 2.13. The molecule has 0 saturated heterocycles. The Morgan fingerprint density at radius 2 is 1.82 bits per heavy atom. The van der Waals surface area contributed by atoms with Gasteiger partial charge in [0.15, 0.2) is 0 Å². The molecule has 86 valence electrons. The average molecular weight is 225 g/mol. The molecule has 1 N–H and O–H groups in total. The molecule has 1 aromatic carbocycles. The van der Waals surface area contributed by atoms with E-state index in [-0.39, 0.29) is 0 Å². The Labute approximate surface area is 101 Å². The molecule has 2 aromatic rings. The van der Waals surface area contributed by atoms with Crippen LogP contribution in [0.5, 0.6) is 0 Å². The fraction of sp³-hybridized carbons (Fsp3) is 0.286. The van der Waals surface area contributed by atoms with E-state index in [0.29, 0.717) is 12.0 Å². The highest BCUT2D eigenvalue weighted by atomic mass is 15.0. The maximum Gasteiger partial charge on any atom is 0.141 e. The first-order valence-corrected chi connectivity index (χ1v) is 5.98. The summed E-state index contributed by atoms with van der Waals surface area (Å²) < 4.78 is 0. The van der Waals surface area contributed by atoms with E-state index < -0.39 is 0 Å². The van der Waals surface area contributed by atoms with Crippen molar-refractivity contribution in [3.8, 4) is 0 Å². The molecule has 0 amide bonds. The van der Waals surface area contributed by atoms with Gasteiger partial charge in [0.2, 0.25) is 0 Å². The molecule has 1 aliphatic rings. The lowest BCUT2D eigenvalue weighted by Crippen LogP contribution is -2.18. The minimum absolute atomic E-state index is 0.584. The van der Waals surface area contributed by atoms with Crippen molar-refractivity contribution in [2.24, 2.45) is 0 Å². The molecule has 1 aromatic heterocycles. The van der Waals surface area contributed by atoms with Gasteiger partial charge in [0.25, 0.3) is 0 Å². The van der Waals surface area contributed by atoms with Crippen LogP contribution in [0, 0.1) is 0 Å². The van der Waals surface area contributed by atoms with Gasteiger partial charge >= 0.3 is 0 Å². The first-order valence-electron chi connectivity index (χ1n) is 5.98. The summed E-state index contributed by atoms with van der Waals surface area (Å²) in [5.74, 6) is 1.53. The van der Waals surface area contributed by atoms with Gasteiger partial charge in [-0.3, -0.25) is 0 Å². The van der Waals surface area contributed by atoms with Crippen LogP contribution in [0.1, 0.15) is 23.7 Å². The maximum absolute atomic E-state index is 4.20. The monoisotopic (exact) mass is 225 g/mol. The number of aromatic nitrogens is 2. The number of hydrogen-bond donors (Lipinski definition) is 1. The summed E-state index contributed by atoms with van der Waals surface area (Å²) >= 11 is 0. The van der Waals surface area contributed by atoms with Gasteiger partial charge in [-0.2, -0.15) is 0 Å². The van der Waals surface area contributed by atoms with Gasteiger partial charge in [-0.15, -0.1) is 0 Å². The summed E-state index contributed by atoms with van der Waals surface area (Å²) in [7, 11) is 0. The second kappa shape index (κ2) is 4.63. The lowest BCUT2D eigenvalue weighted by Gasteiger charge is -2.03. The molecule has 17 heavy (non-hydrogen) atoms. The highest BCUT2D eigenvalue weighted by Gasteiger charge is 2.37. The van der Waals surface area contributed by atoms with Gasteiger partial charge in [-0.05, 0) is 18.1 Å². The second-order valence-corrected chi connectivity index (χ2v) is 4.41. The van der Waals surface area contributed by atoms with Crippen LogP contribution in [0.2, 0.25) is 0 Å². The third kappa shape index (κ3) is 2.50. The Morgan fingerprint density at radius 3 is 2.59 bits per heavy atom. The molecule has 3 nitrogen and oxygen atoms in total. The maximum atomic E-state index is 4.20. The summed E-state index contributed by atoms with van der Waals surface area (Å²) in [6.45, 7) is 0.759. The van der Waals surface area contributed by atoms with E-state index in [0.717, 1.165) is 12.4 Å². The summed E-state index contributed by atoms with van der Waals surface area (Å²) in [4.78, 5) is 8.41. The van der Waals surface area contributed by atoms with Crippen molar-refractivity contribution in [3.05, 3.63) is 60.2 Å². The Morgan fingerprint density at radius 1 is 1.06 bits per heavy atom. The highest BCUT2D eigenvalue weighted by Crippen LogP contribution is 2.40. The van der Waals surface area contributed by atoms with Crippen molar-refractivity contribution in [1.29, 1.82) is 0 Å². The van der Waals surface area contributed by atoms with E-state index in [1.54, 1.807) is 12.4 Å². The molecule has 3 heteroatoms. The van der Waals surface area contributed by atoms with E-state index in [9.17, 15) is 0 Å². The third-order valence-electron chi connectivity index (χ3n) is 3.16. The molecular formula is C14H15N3. The predicted octanol–water partition coefficient (Wildman–Crippen LogP) is 2.12. The number of nitrogens with zero attached hydrogens (tertiary/aromatic N) is 2. The molecule has 2 atom stereocenters. The number of rotatable bonds is 4. The molecule has 0 spiro atoms. The molecular weight excluding hydrogens is 210 g/mol. The van der Waals surface area contributed by atoms with Gasteiger partial charge in [-0.25, -0.2) is 9.97 Å². The van der Waals surface area contributed by atoms with E-state index in [2.05, 4.69) is 45.6 Å². The standard InChI is InChI=1S/C14H15N3/c1-2-5-11(6-3-1)12-9-13(12)17-10-14-15-7-4-8-16-14/h1-8,12-13,17H,9-10H2. The molecule has 0 radical (unpaired) electrons. The third-order valence-corrected chi connectivity index (χ3v) is 3.16. The van der Waals surface area contributed by atoms with E-state index in [1.807, 2.05) is 6.07 Å². The molecule has 1 heterocycles. The summed E-state index contributed by atoms with van der Waals surface area (Å²) in [6.07, 6.45) is 4.79. The second-order valence-electron chi connectivity index (χ2n) is 4.41. The lowest BCUT2D eigenvalue weighted by molar-refractivity contribution is 0.645. The van der Waals surface area contributed by atoms with Gasteiger partial charge < -0.3 is 5.32 Å². The van der Waals surface area contributed by atoms with Crippen molar-refractivity contribution in [2.45, 2.75) is 24.9 Å². The SMILES string of the molecule is c1ccc(C2CC2NCc2ncccn2)cc1. The van der Waals surface area contributed by atoms with Crippen molar-refractivity contribution < 1.29 is 0 Å². The number of benzene rings is 1. The summed E-state index contributed by atoms with van der Waals surface area (Å²) in [5, 5.41) is 3.50. The van der Waals surface area contributed by atoms with Crippen molar-refractivity contribution in [1.82, 2.24) is 15.3 Å². The van der Waals surface area contributed by atoms with Gasteiger partial charge in [0.05, 0.1) is 6.54 Å². The Bertz CT molecular complexity index is 469. The van der Waals surface area contributed by atoms with Crippen LogP contribution in [0.25, 0.3) is 0 Å². The minimum atomic E-state index is 0.584. The lowest BCUT2D eigenvalue weighted by atomic mass is 10.1. The quantitative estimate of drug-likeness (QED) is 0.866. The molecule has 1 saturated carbocycles. The van der Waals surface area contributed by atoms with Crippen LogP contribution in [-0.2, 0) is 6.54 Å². The smallest absolute Gasteiger partial charge is 0.141 e. The van der Waals surface area contributed by atoms with Crippen LogP contribution in [-0.4, -0.2) is 16.0 Å². The molecule has 1 fully saturated rings. The van der Waals surface area contributed by atoms with Gasteiger partial charge in [0, 0.05) is 24.4 Å². The first-order chi connectivity index (χ1) is 8.43. The zero-order valence-electron chi connectivity index (χ0n) is 9.58. The Kier molecular flexibility index (Phi) is 2.84. The minimum Gasteiger partial charge on any atom is -0.306 e. The zero-order valence-corrected chi connectivity index (χ0v) is 9.58. The normalized spacial score (nSPS) is 22.4. The van der Waals surface area contributed by atoms with E-state index >= 15 is 0 Å². The van der Waals surface area contributed by atoms with Crippen LogP contribution in [0.4, 0.5) is 0 Å². The van der Waals surface area contributed by atoms with Crippen molar-refractivity contribution in [3.63, 3.8) is 0 Å². The van der Waals surface area contributed by atoms with Crippen molar-refractivity contribution in [2.75, 3.05) is 0 Å². The largest absolute Gasteiger partial charge is 0.306 e. The fourth-order valence-corrected chi connectivity index (χ4v) is 2.13. The highest BCUT2D eigenvalue weighted by molar-refractivity contribution is 5.27. The van der Waals surface area contributed by atoms with Crippen LogP contribution >= 0.6 is 0 Å². The molecule has 3 rings (SSSR count). The van der Waals surface area contributed by atoms with Gasteiger partial charge in [0.1, 0.15) is 5.82 Å². The van der Waals surface area contributed by atoms with E-state index in [1.165, 1.54) is 12.0 Å². The van der Waals surface area contributed by atoms with E-state index in [4.69, 9.17) is 0 Å². The van der Waals surface area contributed by atoms with Crippen LogP contribution in [0.3, 0.4) is 0 Å². The molecule has 0 aliphatic heterocycles. The molecule has 2 unspecified atom stereocenters. The van der Waals surface area contributed by atoms with Crippen LogP contribution < -0.4 is 5.32 Å².